The van der Waals surface area contributed by atoms with E-state index in [9.17, 15) is 4.57 Å². The second kappa shape index (κ2) is 31.1. The minimum absolute atomic E-state index is 0.466. The SMILES string of the molecule is CCCCCCCCC(CCCCCC)COP(=O)(NCCN(C)C)OCC(CCCCCC)CCCCCCCC. The number of nitrogens with zero attached hydrogens (tertiary/aromatic N) is 1. The molecule has 42 heavy (non-hydrogen) atoms. The molecule has 0 bridgehead atoms. The number of nitrogens with one attached hydrogen (secondary N) is 1. The summed E-state index contributed by atoms with van der Waals surface area (Å²) >= 11 is 0. The first-order valence-electron chi connectivity index (χ1n) is 18.7. The predicted molar refractivity (Wildman–Crippen MR) is 187 cm³/mol. The second-order valence-electron chi connectivity index (χ2n) is 13.3. The minimum atomic E-state index is -3.36. The minimum Gasteiger partial charge on any atom is -0.308 e. The third-order valence-electron chi connectivity index (χ3n) is 8.69. The molecule has 6 heteroatoms. The predicted octanol–water partition coefficient (Wildman–Crippen LogP) is 12.0. The van der Waals surface area contributed by atoms with Crippen molar-refractivity contribution in [2.45, 2.75) is 182 Å². The zero-order valence-corrected chi connectivity index (χ0v) is 30.5. The molecule has 0 fully saturated rings. The smallest absolute Gasteiger partial charge is 0.308 e. The third kappa shape index (κ3) is 27.6. The van der Waals surface area contributed by atoms with Gasteiger partial charge in [0.15, 0.2) is 0 Å². The van der Waals surface area contributed by atoms with Crippen molar-refractivity contribution in [3.63, 3.8) is 0 Å². The molecule has 254 valence electrons. The van der Waals surface area contributed by atoms with Gasteiger partial charge in [-0.15, -0.1) is 0 Å². The lowest BCUT2D eigenvalue weighted by atomic mass is 9.95. The molecule has 1 N–H and O–H groups in total. The maximum absolute atomic E-state index is 14.1. The van der Waals surface area contributed by atoms with Crippen molar-refractivity contribution < 1.29 is 13.6 Å². The van der Waals surface area contributed by atoms with Crippen LogP contribution in [0, 0.1) is 11.8 Å². The Balaban J connectivity index is 5.16. The summed E-state index contributed by atoms with van der Waals surface area (Å²) in [6.45, 7) is 11.6. The lowest BCUT2D eigenvalue weighted by Gasteiger charge is -2.26. The fraction of sp³-hybridized carbons (Fsp3) is 1.00. The molecule has 0 aliphatic carbocycles. The molecular weight excluding hydrogens is 539 g/mol. The van der Waals surface area contributed by atoms with Gasteiger partial charge in [0.05, 0.1) is 13.2 Å². The van der Waals surface area contributed by atoms with Gasteiger partial charge < -0.3 is 4.90 Å². The first-order valence-corrected chi connectivity index (χ1v) is 20.2. The molecule has 0 radical (unpaired) electrons. The van der Waals surface area contributed by atoms with E-state index in [-0.39, 0.29) is 0 Å². The maximum Gasteiger partial charge on any atom is 0.405 e. The highest BCUT2D eigenvalue weighted by atomic mass is 31.2. The Hall–Kier alpha value is 0.0700. The van der Waals surface area contributed by atoms with Crippen molar-refractivity contribution >= 4 is 7.75 Å². The van der Waals surface area contributed by atoms with Gasteiger partial charge in [-0.3, -0.25) is 9.05 Å². The van der Waals surface area contributed by atoms with Gasteiger partial charge in [-0.25, -0.2) is 9.65 Å². The highest BCUT2D eigenvalue weighted by Gasteiger charge is 2.27. The van der Waals surface area contributed by atoms with Gasteiger partial charge in [0.2, 0.25) is 0 Å². The molecule has 0 aromatic rings. The Morgan fingerprint density at radius 2 is 0.833 bits per heavy atom. The number of hydrogen-bond acceptors (Lipinski definition) is 4. The summed E-state index contributed by atoms with van der Waals surface area (Å²) in [5, 5.41) is 3.24. The molecule has 0 aliphatic heterocycles. The van der Waals surface area contributed by atoms with Gasteiger partial charge in [0.1, 0.15) is 0 Å². The molecular formula is C36H77N2O3P. The van der Waals surface area contributed by atoms with E-state index in [1.54, 1.807) is 0 Å². The molecule has 2 atom stereocenters. The average Bonchev–Trinajstić information content (AvgIpc) is 2.97. The molecule has 0 saturated carbocycles. The number of unbranched alkanes of at least 4 members (excludes halogenated alkanes) is 16. The van der Waals surface area contributed by atoms with Crippen molar-refractivity contribution in [3.05, 3.63) is 0 Å². The maximum atomic E-state index is 14.1. The van der Waals surface area contributed by atoms with Crippen LogP contribution < -0.4 is 5.09 Å². The Labute approximate surface area is 265 Å². The Kier molecular flexibility index (Phi) is 31.1. The molecule has 0 spiro atoms. The van der Waals surface area contributed by atoms with E-state index in [4.69, 9.17) is 9.05 Å². The van der Waals surface area contributed by atoms with Gasteiger partial charge in [0.25, 0.3) is 0 Å². The van der Waals surface area contributed by atoms with Gasteiger partial charge >= 0.3 is 7.75 Å². The molecule has 0 aromatic carbocycles. The Morgan fingerprint density at radius 1 is 0.524 bits per heavy atom. The van der Waals surface area contributed by atoms with E-state index in [1.165, 1.54) is 154 Å². The van der Waals surface area contributed by atoms with Gasteiger partial charge in [-0.1, -0.05) is 156 Å². The molecule has 0 aliphatic rings. The molecule has 0 aromatic heterocycles. The molecule has 0 rings (SSSR count). The van der Waals surface area contributed by atoms with Gasteiger partial charge in [0, 0.05) is 13.1 Å². The summed E-state index contributed by atoms with van der Waals surface area (Å²) in [5.74, 6) is 0.933. The van der Waals surface area contributed by atoms with Crippen LogP contribution in [0.25, 0.3) is 0 Å². The summed E-state index contributed by atoms with van der Waals surface area (Å²) in [6.07, 6.45) is 30.7. The van der Waals surface area contributed by atoms with E-state index in [1.807, 2.05) is 14.1 Å². The van der Waals surface area contributed by atoms with Crippen LogP contribution in [0.5, 0.6) is 0 Å². The zero-order chi connectivity index (χ0) is 31.2. The first-order chi connectivity index (χ1) is 20.4. The summed E-state index contributed by atoms with van der Waals surface area (Å²) < 4.78 is 26.7. The average molecular weight is 617 g/mol. The lowest BCUT2D eigenvalue weighted by molar-refractivity contribution is 0.140. The highest BCUT2D eigenvalue weighted by Crippen LogP contribution is 2.45. The molecule has 5 nitrogen and oxygen atoms in total. The van der Waals surface area contributed by atoms with Crippen molar-refractivity contribution in [1.29, 1.82) is 0 Å². The van der Waals surface area contributed by atoms with Crippen LogP contribution in [-0.2, 0) is 13.6 Å². The van der Waals surface area contributed by atoms with Crippen LogP contribution in [0.2, 0.25) is 0 Å². The van der Waals surface area contributed by atoms with Crippen LogP contribution >= 0.6 is 7.75 Å². The van der Waals surface area contributed by atoms with Crippen LogP contribution in [0.15, 0.2) is 0 Å². The fourth-order valence-corrected chi connectivity index (χ4v) is 7.16. The quantitative estimate of drug-likeness (QED) is 0.0576. The monoisotopic (exact) mass is 617 g/mol. The van der Waals surface area contributed by atoms with Crippen LogP contribution in [0.3, 0.4) is 0 Å². The summed E-state index contributed by atoms with van der Waals surface area (Å²) in [4.78, 5) is 2.11. The molecule has 0 saturated heterocycles. The fourth-order valence-electron chi connectivity index (χ4n) is 5.71. The number of rotatable bonds is 34. The van der Waals surface area contributed by atoms with Crippen LogP contribution in [0.1, 0.15) is 182 Å². The number of likely N-dealkylation sites (N-methyl/N-ethyl adjacent to an activating group) is 1. The summed E-state index contributed by atoms with van der Waals surface area (Å²) in [7, 11) is 0.742. The Morgan fingerprint density at radius 3 is 1.17 bits per heavy atom. The molecule has 0 heterocycles. The second-order valence-corrected chi connectivity index (χ2v) is 15.2. The highest BCUT2D eigenvalue weighted by molar-refractivity contribution is 7.51. The van der Waals surface area contributed by atoms with E-state index in [0.717, 1.165) is 6.54 Å². The Bertz CT molecular complexity index is 550. The van der Waals surface area contributed by atoms with Crippen molar-refractivity contribution in [2.24, 2.45) is 11.8 Å². The summed E-state index contributed by atoms with van der Waals surface area (Å²) in [6, 6.07) is 0. The number of hydrogen-bond donors (Lipinski definition) is 1. The third-order valence-corrected chi connectivity index (χ3v) is 10.3. The van der Waals surface area contributed by atoms with Crippen molar-refractivity contribution in [1.82, 2.24) is 9.99 Å². The first kappa shape index (κ1) is 42.1. The largest absolute Gasteiger partial charge is 0.405 e. The van der Waals surface area contributed by atoms with Crippen molar-refractivity contribution in [2.75, 3.05) is 40.4 Å². The van der Waals surface area contributed by atoms with E-state index >= 15 is 0 Å². The van der Waals surface area contributed by atoms with E-state index in [2.05, 4.69) is 37.7 Å². The van der Waals surface area contributed by atoms with E-state index in [0.29, 0.717) is 31.6 Å². The van der Waals surface area contributed by atoms with Crippen molar-refractivity contribution in [3.8, 4) is 0 Å². The molecule has 2 unspecified atom stereocenters. The van der Waals surface area contributed by atoms with Gasteiger partial charge in [-0.05, 0) is 51.6 Å². The lowest BCUT2D eigenvalue weighted by Crippen LogP contribution is -2.27. The van der Waals surface area contributed by atoms with Gasteiger partial charge in [-0.2, -0.15) is 0 Å². The summed E-state index contributed by atoms with van der Waals surface area (Å²) in [5.41, 5.74) is 0. The molecule has 0 amide bonds. The standard InChI is InChI=1S/C36H77N2O3P/c1-7-11-15-19-21-25-29-35(27-23-17-13-9-3)33-40-42(39,37-31-32-38(5)6)41-34-36(28-24-18-14-10-4)30-26-22-20-16-12-8-2/h35-36H,7-34H2,1-6H3,(H,37,39). The zero-order valence-electron chi connectivity index (χ0n) is 29.6. The van der Waals surface area contributed by atoms with Crippen LogP contribution in [0.4, 0.5) is 0 Å². The van der Waals surface area contributed by atoms with Crippen LogP contribution in [-0.4, -0.2) is 45.3 Å². The van der Waals surface area contributed by atoms with E-state index < -0.39 is 7.75 Å². The normalized spacial score (nSPS) is 14.8. The topological polar surface area (TPSA) is 50.8 Å².